The fourth-order valence-electron chi connectivity index (χ4n) is 2.75. The summed E-state index contributed by atoms with van der Waals surface area (Å²) in [6.45, 7) is 4.65. The molecule has 2 unspecified atom stereocenters. The van der Waals surface area contributed by atoms with Gasteiger partial charge in [0.05, 0.1) is 6.61 Å². The molecule has 0 heterocycles. The monoisotopic (exact) mass is 227 g/mol. The summed E-state index contributed by atoms with van der Waals surface area (Å²) in [4.78, 5) is 0. The van der Waals surface area contributed by atoms with Gasteiger partial charge in [-0.15, -0.1) is 0 Å². The number of rotatable bonds is 7. The lowest BCUT2D eigenvalue weighted by molar-refractivity contribution is 0.223. The largest absolute Gasteiger partial charge is 0.395 e. The molecule has 1 saturated carbocycles. The molecule has 0 saturated heterocycles. The predicted octanol–water partition coefficient (Wildman–Crippen LogP) is 3.10. The van der Waals surface area contributed by atoms with Crippen LogP contribution in [0.15, 0.2) is 0 Å². The Kier molecular flexibility index (Phi) is 7.06. The van der Waals surface area contributed by atoms with Crippen LogP contribution in [0.4, 0.5) is 0 Å². The number of nitrogens with one attached hydrogen (secondary N) is 1. The SMILES string of the molecule is CCC(CO)NC(C)CCC1CCCCC1. The third kappa shape index (κ3) is 5.31. The highest BCUT2D eigenvalue weighted by atomic mass is 16.3. The average Bonchev–Trinajstić information content (AvgIpc) is 2.34. The maximum absolute atomic E-state index is 9.13. The van der Waals surface area contributed by atoms with Crippen molar-refractivity contribution in [2.45, 2.75) is 77.3 Å². The Labute approximate surface area is 101 Å². The maximum Gasteiger partial charge on any atom is 0.0584 e. The topological polar surface area (TPSA) is 32.3 Å². The highest BCUT2D eigenvalue weighted by Gasteiger charge is 2.15. The van der Waals surface area contributed by atoms with E-state index >= 15 is 0 Å². The normalized spacial score (nSPS) is 21.9. The van der Waals surface area contributed by atoms with E-state index in [2.05, 4.69) is 19.2 Å². The van der Waals surface area contributed by atoms with Crippen LogP contribution in [0.5, 0.6) is 0 Å². The first kappa shape index (κ1) is 14.0. The molecule has 2 atom stereocenters. The molecule has 1 aliphatic rings. The van der Waals surface area contributed by atoms with E-state index in [1.807, 2.05) is 0 Å². The molecule has 1 aliphatic carbocycles. The van der Waals surface area contributed by atoms with Crippen LogP contribution in [0.1, 0.15) is 65.2 Å². The Morgan fingerprint density at radius 2 is 1.94 bits per heavy atom. The summed E-state index contributed by atoms with van der Waals surface area (Å²) in [5.74, 6) is 0.979. The smallest absolute Gasteiger partial charge is 0.0584 e. The molecule has 0 aliphatic heterocycles. The first-order valence-corrected chi connectivity index (χ1v) is 7.13. The van der Waals surface area contributed by atoms with Gasteiger partial charge in [-0.3, -0.25) is 0 Å². The van der Waals surface area contributed by atoms with Gasteiger partial charge in [0.1, 0.15) is 0 Å². The number of aliphatic hydroxyl groups excluding tert-OH is 1. The molecule has 0 spiro atoms. The summed E-state index contributed by atoms with van der Waals surface area (Å²) >= 11 is 0. The lowest BCUT2D eigenvalue weighted by Crippen LogP contribution is -2.38. The van der Waals surface area contributed by atoms with Gasteiger partial charge in [0, 0.05) is 12.1 Å². The Bertz CT molecular complexity index is 162. The van der Waals surface area contributed by atoms with Crippen molar-refractivity contribution in [3.63, 3.8) is 0 Å². The Morgan fingerprint density at radius 1 is 1.25 bits per heavy atom. The van der Waals surface area contributed by atoms with E-state index in [-0.39, 0.29) is 6.61 Å². The predicted molar refractivity (Wildman–Crippen MR) is 69.6 cm³/mol. The fraction of sp³-hybridized carbons (Fsp3) is 1.00. The molecule has 1 fully saturated rings. The van der Waals surface area contributed by atoms with Crippen molar-refractivity contribution in [2.24, 2.45) is 5.92 Å². The van der Waals surface area contributed by atoms with Crippen LogP contribution in [0.25, 0.3) is 0 Å². The van der Waals surface area contributed by atoms with Crippen LogP contribution in [-0.2, 0) is 0 Å². The van der Waals surface area contributed by atoms with Crippen LogP contribution < -0.4 is 5.32 Å². The number of hydrogen-bond donors (Lipinski definition) is 2. The Morgan fingerprint density at radius 3 is 2.50 bits per heavy atom. The van der Waals surface area contributed by atoms with Gasteiger partial charge in [0.15, 0.2) is 0 Å². The zero-order valence-electron chi connectivity index (χ0n) is 11.0. The Hall–Kier alpha value is -0.0800. The summed E-state index contributed by atoms with van der Waals surface area (Å²) in [5, 5.41) is 12.6. The lowest BCUT2D eigenvalue weighted by atomic mass is 9.85. The standard InChI is InChI=1S/C14H29NO/c1-3-14(11-16)15-12(2)9-10-13-7-5-4-6-8-13/h12-16H,3-11H2,1-2H3. The van der Waals surface area contributed by atoms with E-state index in [1.54, 1.807) is 0 Å². The van der Waals surface area contributed by atoms with Crippen molar-refractivity contribution >= 4 is 0 Å². The minimum absolute atomic E-state index is 0.268. The summed E-state index contributed by atoms with van der Waals surface area (Å²) in [7, 11) is 0. The first-order chi connectivity index (χ1) is 7.76. The zero-order valence-corrected chi connectivity index (χ0v) is 11.0. The maximum atomic E-state index is 9.13. The molecular formula is C14H29NO. The van der Waals surface area contributed by atoms with E-state index in [0.717, 1.165) is 12.3 Å². The number of hydrogen-bond acceptors (Lipinski definition) is 2. The molecule has 2 nitrogen and oxygen atoms in total. The van der Waals surface area contributed by atoms with Gasteiger partial charge in [0.25, 0.3) is 0 Å². The molecule has 0 aromatic rings. The molecule has 16 heavy (non-hydrogen) atoms. The van der Waals surface area contributed by atoms with Crippen molar-refractivity contribution in [1.82, 2.24) is 5.32 Å². The molecule has 0 aromatic heterocycles. The van der Waals surface area contributed by atoms with Gasteiger partial charge in [-0.1, -0.05) is 39.0 Å². The molecule has 0 radical (unpaired) electrons. The van der Waals surface area contributed by atoms with Crippen LogP contribution in [-0.4, -0.2) is 23.8 Å². The van der Waals surface area contributed by atoms with Crippen molar-refractivity contribution in [1.29, 1.82) is 0 Å². The summed E-state index contributed by atoms with van der Waals surface area (Å²) in [6, 6.07) is 0.848. The second kappa shape index (κ2) is 8.08. The molecule has 2 heteroatoms. The zero-order chi connectivity index (χ0) is 11.8. The van der Waals surface area contributed by atoms with E-state index in [4.69, 9.17) is 5.11 Å². The summed E-state index contributed by atoms with van der Waals surface area (Å²) in [6.07, 6.45) is 10.9. The van der Waals surface area contributed by atoms with Crippen LogP contribution >= 0.6 is 0 Å². The van der Waals surface area contributed by atoms with Crippen LogP contribution in [0, 0.1) is 5.92 Å². The summed E-state index contributed by atoms with van der Waals surface area (Å²) in [5.41, 5.74) is 0. The van der Waals surface area contributed by atoms with Gasteiger partial charge in [-0.25, -0.2) is 0 Å². The quantitative estimate of drug-likeness (QED) is 0.700. The number of aliphatic hydroxyl groups is 1. The average molecular weight is 227 g/mol. The third-order valence-corrected chi connectivity index (χ3v) is 3.97. The minimum atomic E-state index is 0.268. The van der Waals surface area contributed by atoms with Gasteiger partial charge < -0.3 is 10.4 Å². The van der Waals surface area contributed by atoms with Gasteiger partial charge in [0.2, 0.25) is 0 Å². The van der Waals surface area contributed by atoms with Crippen molar-refractivity contribution in [3.8, 4) is 0 Å². The van der Waals surface area contributed by atoms with Crippen LogP contribution in [0.2, 0.25) is 0 Å². The van der Waals surface area contributed by atoms with E-state index in [1.165, 1.54) is 44.9 Å². The molecule has 0 amide bonds. The van der Waals surface area contributed by atoms with Gasteiger partial charge in [-0.2, -0.15) is 0 Å². The second-order valence-electron chi connectivity index (χ2n) is 5.44. The molecule has 1 rings (SSSR count). The van der Waals surface area contributed by atoms with E-state index in [0.29, 0.717) is 12.1 Å². The molecule has 0 aromatic carbocycles. The van der Waals surface area contributed by atoms with Crippen LogP contribution in [0.3, 0.4) is 0 Å². The second-order valence-corrected chi connectivity index (χ2v) is 5.44. The lowest BCUT2D eigenvalue weighted by Gasteiger charge is -2.25. The van der Waals surface area contributed by atoms with E-state index in [9.17, 15) is 0 Å². The molecule has 2 N–H and O–H groups in total. The highest BCUT2D eigenvalue weighted by Crippen LogP contribution is 2.27. The first-order valence-electron chi connectivity index (χ1n) is 7.13. The summed E-state index contributed by atoms with van der Waals surface area (Å²) < 4.78 is 0. The fourth-order valence-corrected chi connectivity index (χ4v) is 2.75. The van der Waals surface area contributed by atoms with Gasteiger partial charge >= 0.3 is 0 Å². The molecule has 96 valence electrons. The molecular weight excluding hydrogens is 198 g/mol. The molecule has 0 bridgehead atoms. The van der Waals surface area contributed by atoms with Crippen molar-refractivity contribution in [3.05, 3.63) is 0 Å². The van der Waals surface area contributed by atoms with E-state index < -0.39 is 0 Å². The Balaban J connectivity index is 2.10. The van der Waals surface area contributed by atoms with Gasteiger partial charge in [-0.05, 0) is 32.1 Å². The highest BCUT2D eigenvalue weighted by molar-refractivity contribution is 4.72. The minimum Gasteiger partial charge on any atom is -0.395 e. The third-order valence-electron chi connectivity index (χ3n) is 3.97. The van der Waals surface area contributed by atoms with Crippen molar-refractivity contribution in [2.75, 3.05) is 6.61 Å². The van der Waals surface area contributed by atoms with Crippen molar-refractivity contribution < 1.29 is 5.11 Å².